The molecular formula is C12H14ClNO4. The predicted molar refractivity (Wildman–Crippen MR) is 66.4 cm³/mol. The van der Waals surface area contributed by atoms with Crippen molar-refractivity contribution in [2.24, 2.45) is 5.73 Å². The zero-order chi connectivity index (χ0) is 13.3. The van der Waals surface area contributed by atoms with Gasteiger partial charge in [0.05, 0.1) is 6.42 Å². The average Bonchev–Trinajstić information content (AvgIpc) is 2.29. The number of aliphatic carboxylic acids is 1. The molecule has 0 amide bonds. The van der Waals surface area contributed by atoms with Gasteiger partial charge in [0.2, 0.25) is 0 Å². The minimum absolute atomic E-state index is 0.184. The van der Waals surface area contributed by atoms with Crippen LogP contribution in [0.3, 0.4) is 0 Å². The van der Waals surface area contributed by atoms with Crippen LogP contribution in [0.1, 0.15) is 23.6 Å². The van der Waals surface area contributed by atoms with Crippen molar-refractivity contribution in [2.45, 2.75) is 19.4 Å². The summed E-state index contributed by atoms with van der Waals surface area (Å²) in [4.78, 5) is 10.8. The van der Waals surface area contributed by atoms with Gasteiger partial charge in [-0.05, 0) is 12.5 Å². The van der Waals surface area contributed by atoms with Gasteiger partial charge in [0.1, 0.15) is 13.2 Å². The quantitative estimate of drug-likeness (QED) is 0.877. The number of nitrogens with two attached hydrogens (primary N) is 1. The van der Waals surface area contributed by atoms with Gasteiger partial charge in [0, 0.05) is 22.7 Å². The third-order valence-electron chi connectivity index (χ3n) is 2.84. The van der Waals surface area contributed by atoms with E-state index in [0.29, 0.717) is 35.3 Å². The van der Waals surface area contributed by atoms with Crippen LogP contribution in [0.15, 0.2) is 6.07 Å². The van der Waals surface area contributed by atoms with Gasteiger partial charge in [0.25, 0.3) is 0 Å². The number of benzene rings is 1. The molecular weight excluding hydrogens is 258 g/mol. The fraction of sp³-hybridized carbons (Fsp3) is 0.417. The summed E-state index contributed by atoms with van der Waals surface area (Å²) in [5, 5.41) is 9.32. The average molecular weight is 272 g/mol. The van der Waals surface area contributed by atoms with Crippen molar-refractivity contribution >= 4 is 17.6 Å². The second-order valence-electron chi connectivity index (χ2n) is 4.13. The molecule has 98 valence electrons. The van der Waals surface area contributed by atoms with E-state index in [4.69, 9.17) is 31.9 Å². The molecule has 5 nitrogen and oxygen atoms in total. The standard InChI is InChI=1S/C12H14ClNO4/c1-6-7(13)4-9-12(18-3-2-17-9)11(6)8(14)5-10(15)16/h4,8H,2-3,5,14H2,1H3,(H,15,16). The second kappa shape index (κ2) is 5.04. The Balaban J connectivity index is 2.49. The molecule has 2 rings (SSSR count). The first-order valence-electron chi connectivity index (χ1n) is 5.56. The molecule has 0 spiro atoms. The van der Waals surface area contributed by atoms with Crippen molar-refractivity contribution in [1.82, 2.24) is 0 Å². The number of carboxylic acids is 1. The first-order valence-corrected chi connectivity index (χ1v) is 5.94. The zero-order valence-electron chi connectivity index (χ0n) is 9.90. The van der Waals surface area contributed by atoms with Gasteiger partial charge in [-0.3, -0.25) is 4.79 Å². The molecule has 1 heterocycles. The van der Waals surface area contributed by atoms with Crippen LogP contribution in [0.4, 0.5) is 0 Å². The van der Waals surface area contributed by atoms with E-state index in [1.165, 1.54) is 0 Å². The second-order valence-corrected chi connectivity index (χ2v) is 4.53. The van der Waals surface area contributed by atoms with E-state index in [2.05, 4.69) is 0 Å². The highest BCUT2D eigenvalue weighted by molar-refractivity contribution is 6.31. The highest BCUT2D eigenvalue weighted by atomic mass is 35.5. The Bertz CT molecular complexity index is 489. The van der Waals surface area contributed by atoms with E-state index < -0.39 is 12.0 Å². The van der Waals surface area contributed by atoms with Crippen LogP contribution in [0.5, 0.6) is 11.5 Å². The first-order chi connectivity index (χ1) is 8.50. The maximum atomic E-state index is 10.8. The summed E-state index contributed by atoms with van der Waals surface area (Å²) in [5.41, 5.74) is 7.26. The first kappa shape index (κ1) is 13.0. The van der Waals surface area contributed by atoms with Crippen molar-refractivity contribution in [3.8, 4) is 11.5 Å². The van der Waals surface area contributed by atoms with Crippen LogP contribution in [0.2, 0.25) is 5.02 Å². The van der Waals surface area contributed by atoms with Gasteiger partial charge in [-0.25, -0.2) is 0 Å². The predicted octanol–water partition coefficient (Wildman–Crippen LogP) is 1.89. The number of fused-ring (bicyclic) bond motifs is 1. The fourth-order valence-corrected chi connectivity index (χ4v) is 2.21. The lowest BCUT2D eigenvalue weighted by Gasteiger charge is -2.25. The Kier molecular flexibility index (Phi) is 3.63. The van der Waals surface area contributed by atoms with Crippen molar-refractivity contribution in [3.05, 3.63) is 22.2 Å². The largest absolute Gasteiger partial charge is 0.486 e. The topological polar surface area (TPSA) is 81.8 Å². The number of carbonyl (C=O) groups is 1. The maximum absolute atomic E-state index is 10.8. The van der Waals surface area contributed by atoms with Crippen LogP contribution >= 0.6 is 11.6 Å². The van der Waals surface area contributed by atoms with Crippen molar-refractivity contribution < 1.29 is 19.4 Å². The lowest BCUT2D eigenvalue weighted by molar-refractivity contribution is -0.137. The van der Waals surface area contributed by atoms with Crippen LogP contribution in [-0.2, 0) is 4.79 Å². The van der Waals surface area contributed by atoms with E-state index in [1.54, 1.807) is 13.0 Å². The molecule has 0 saturated carbocycles. The Labute approximate surface area is 109 Å². The third kappa shape index (κ3) is 2.37. The lowest BCUT2D eigenvalue weighted by atomic mass is 9.97. The van der Waals surface area contributed by atoms with Gasteiger partial charge in [-0.2, -0.15) is 0 Å². The lowest BCUT2D eigenvalue weighted by Crippen LogP contribution is -2.22. The van der Waals surface area contributed by atoms with Crippen molar-refractivity contribution in [2.75, 3.05) is 13.2 Å². The summed E-state index contributed by atoms with van der Waals surface area (Å²) in [5.74, 6) is 0.0666. The molecule has 1 aromatic carbocycles. The van der Waals surface area contributed by atoms with E-state index >= 15 is 0 Å². The maximum Gasteiger partial charge on any atom is 0.305 e. The molecule has 18 heavy (non-hydrogen) atoms. The Morgan fingerprint density at radius 3 is 2.89 bits per heavy atom. The molecule has 3 N–H and O–H groups in total. The van der Waals surface area contributed by atoms with E-state index in [-0.39, 0.29) is 6.42 Å². The van der Waals surface area contributed by atoms with Gasteiger partial charge >= 0.3 is 5.97 Å². The van der Waals surface area contributed by atoms with Crippen LogP contribution < -0.4 is 15.2 Å². The number of ether oxygens (including phenoxy) is 2. The van der Waals surface area contributed by atoms with Gasteiger partial charge in [-0.1, -0.05) is 11.6 Å². The minimum Gasteiger partial charge on any atom is -0.486 e. The molecule has 1 aromatic rings. The molecule has 1 unspecified atom stereocenters. The molecule has 0 bridgehead atoms. The van der Waals surface area contributed by atoms with Gasteiger partial charge < -0.3 is 20.3 Å². The summed E-state index contributed by atoms with van der Waals surface area (Å²) in [7, 11) is 0. The number of carboxylic acid groups (broad SMARTS) is 1. The summed E-state index contributed by atoms with van der Waals surface area (Å²) >= 11 is 6.09. The Morgan fingerprint density at radius 1 is 1.56 bits per heavy atom. The molecule has 6 heteroatoms. The molecule has 0 saturated heterocycles. The molecule has 1 aliphatic rings. The normalized spacial score (nSPS) is 15.3. The molecule has 1 aliphatic heterocycles. The monoisotopic (exact) mass is 271 g/mol. The van der Waals surface area contributed by atoms with E-state index in [9.17, 15) is 4.79 Å². The zero-order valence-corrected chi connectivity index (χ0v) is 10.7. The number of halogens is 1. The fourth-order valence-electron chi connectivity index (χ4n) is 2.01. The number of hydrogen-bond acceptors (Lipinski definition) is 4. The Hall–Kier alpha value is -1.46. The van der Waals surface area contributed by atoms with Gasteiger partial charge in [-0.15, -0.1) is 0 Å². The van der Waals surface area contributed by atoms with Crippen LogP contribution in [0.25, 0.3) is 0 Å². The summed E-state index contributed by atoms with van der Waals surface area (Å²) in [6.07, 6.45) is -0.184. The highest BCUT2D eigenvalue weighted by Gasteiger charge is 2.25. The summed E-state index contributed by atoms with van der Waals surface area (Å²) < 4.78 is 11.0. The molecule has 0 radical (unpaired) electrons. The number of hydrogen-bond donors (Lipinski definition) is 2. The van der Waals surface area contributed by atoms with Gasteiger partial charge in [0.15, 0.2) is 11.5 Å². The van der Waals surface area contributed by atoms with Crippen molar-refractivity contribution in [1.29, 1.82) is 0 Å². The van der Waals surface area contributed by atoms with E-state index in [1.807, 2.05) is 0 Å². The third-order valence-corrected chi connectivity index (χ3v) is 3.23. The summed E-state index contributed by atoms with van der Waals surface area (Å²) in [6, 6.07) is 0.999. The smallest absolute Gasteiger partial charge is 0.305 e. The summed E-state index contributed by atoms with van der Waals surface area (Å²) in [6.45, 7) is 2.65. The molecule has 0 aromatic heterocycles. The SMILES string of the molecule is Cc1c(Cl)cc2c(c1C(N)CC(=O)O)OCCO2. The minimum atomic E-state index is -0.965. The molecule has 1 atom stereocenters. The van der Waals surface area contributed by atoms with Crippen molar-refractivity contribution in [3.63, 3.8) is 0 Å². The van der Waals surface area contributed by atoms with Crippen LogP contribution in [0, 0.1) is 6.92 Å². The van der Waals surface area contributed by atoms with Crippen LogP contribution in [-0.4, -0.2) is 24.3 Å². The number of rotatable bonds is 3. The highest BCUT2D eigenvalue weighted by Crippen LogP contribution is 2.42. The van der Waals surface area contributed by atoms with E-state index in [0.717, 1.165) is 5.56 Å². The molecule has 0 fully saturated rings. The molecule has 0 aliphatic carbocycles. The Morgan fingerprint density at radius 2 is 2.22 bits per heavy atom.